The third kappa shape index (κ3) is 7.35. The highest BCUT2D eigenvalue weighted by Gasteiger charge is 2.30. The van der Waals surface area contributed by atoms with Crippen molar-refractivity contribution in [3.05, 3.63) is 64.6 Å². The third-order valence-electron chi connectivity index (χ3n) is 5.66. The van der Waals surface area contributed by atoms with Crippen molar-refractivity contribution in [1.29, 1.82) is 0 Å². The number of fused-ring (bicyclic) bond motifs is 3. The lowest BCUT2D eigenvalue weighted by atomic mass is 9.98. The van der Waals surface area contributed by atoms with Crippen LogP contribution >= 0.6 is 0 Å². The number of rotatable bonds is 10. The quantitative estimate of drug-likeness (QED) is 0.252. The van der Waals surface area contributed by atoms with E-state index in [1.165, 1.54) is 0 Å². The summed E-state index contributed by atoms with van der Waals surface area (Å²) in [6.45, 7) is 5.77. The Hall–Kier alpha value is -3.79. The summed E-state index contributed by atoms with van der Waals surface area (Å²) in [5.41, 5.74) is 8.89. The summed E-state index contributed by atoms with van der Waals surface area (Å²) in [6.07, 6.45) is -0.145. The largest absolute Gasteiger partial charge is 0.449 e. The topological polar surface area (TPSA) is 135 Å². The van der Waals surface area contributed by atoms with Crippen LogP contribution in [0, 0.1) is 4.91 Å². The first-order valence-electron chi connectivity index (χ1n) is 11.9. The van der Waals surface area contributed by atoms with Crippen molar-refractivity contribution in [3.63, 3.8) is 0 Å². The van der Waals surface area contributed by atoms with Gasteiger partial charge in [-0.05, 0) is 62.3 Å². The molecule has 1 atom stereocenters. The zero-order valence-corrected chi connectivity index (χ0v) is 20.7. The Morgan fingerprint density at radius 3 is 2.14 bits per heavy atom. The van der Waals surface area contributed by atoms with Gasteiger partial charge in [0.05, 0.1) is 0 Å². The molecule has 2 aromatic rings. The van der Waals surface area contributed by atoms with E-state index >= 15 is 0 Å². The van der Waals surface area contributed by atoms with Gasteiger partial charge in [0.1, 0.15) is 18.2 Å². The molecule has 0 radical (unpaired) electrons. The smallest absolute Gasteiger partial charge is 0.422 e. The van der Waals surface area contributed by atoms with E-state index in [-0.39, 0.29) is 18.9 Å². The number of unbranched alkanes of at least 4 members (excludes halogenated alkanes) is 1. The second-order valence-electron chi connectivity index (χ2n) is 9.50. The molecule has 0 saturated carbocycles. The molecule has 1 aliphatic carbocycles. The maximum Gasteiger partial charge on any atom is 0.422 e. The molecule has 3 amide bonds. The Labute approximate surface area is 210 Å². The maximum atomic E-state index is 12.5. The van der Waals surface area contributed by atoms with Crippen LogP contribution in [0.1, 0.15) is 57.1 Å². The second-order valence-corrected chi connectivity index (χ2v) is 9.50. The fraction of sp³-hybridized carbons (Fsp3) is 0.423. The molecule has 0 spiro atoms. The van der Waals surface area contributed by atoms with E-state index in [2.05, 4.69) is 21.3 Å². The molecule has 2 aromatic carbocycles. The van der Waals surface area contributed by atoms with E-state index in [0.717, 1.165) is 22.3 Å². The first-order chi connectivity index (χ1) is 17.2. The van der Waals surface area contributed by atoms with Crippen molar-refractivity contribution in [2.24, 2.45) is 5.18 Å². The van der Waals surface area contributed by atoms with Crippen molar-refractivity contribution < 1.29 is 23.9 Å². The Kier molecular flexibility index (Phi) is 9.13. The maximum absolute atomic E-state index is 12.5. The minimum atomic E-state index is -1.09. The molecule has 36 heavy (non-hydrogen) atoms. The van der Waals surface area contributed by atoms with Crippen molar-refractivity contribution in [2.75, 3.05) is 13.2 Å². The number of nitrogens with one attached hydrogen (secondary N) is 3. The molecule has 10 nitrogen and oxygen atoms in total. The van der Waals surface area contributed by atoms with Gasteiger partial charge >= 0.3 is 18.1 Å². The molecule has 10 heteroatoms. The molecule has 3 rings (SSSR count). The minimum absolute atomic E-state index is 0.0928. The first-order valence-corrected chi connectivity index (χ1v) is 11.9. The van der Waals surface area contributed by atoms with E-state index in [1.807, 2.05) is 48.5 Å². The molecule has 1 aliphatic rings. The van der Waals surface area contributed by atoms with Gasteiger partial charge in [0, 0.05) is 17.6 Å². The van der Waals surface area contributed by atoms with E-state index in [1.54, 1.807) is 20.8 Å². The lowest BCUT2D eigenvalue weighted by molar-refractivity contribution is -0.120. The second kappa shape index (κ2) is 12.3. The Morgan fingerprint density at radius 1 is 0.944 bits per heavy atom. The lowest BCUT2D eigenvalue weighted by Gasteiger charge is -2.20. The fourth-order valence-electron chi connectivity index (χ4n) is 4.10. The van der Waals surface area contributed by atoms with Crippen LogP contribution in [0.3, 0.4) is 0 Å². The summed E-state index contributed by atoms with van der Waals surface area (Å²) in [5.74, 6) is -1.09. The van der Waals surface area contributed by atoms with Crippen LogP contribution in [0.15, 0.2) is 53.7 Å². The number of amides is 3. The van der Waals surface area contributed by atoms with Crippen LogP contribution in [0.5, 0.6) is 0 Å². The summed E-state index contributed by atoms with van der Waals surface area (Å²) in [7, 11) is 0. The van der Waals surface area contributed by atoms with Gasteiger partial charge < -0.3 is 14.8 Å². The van der Waals surface area contributed by atoms with Crippen molar-refractivity contribution in [1.82, 2.24) is 16.2 Å². The summed E-state index contributed by atoms with van der Waals surface area (Å²) >= 11 is 0. The lowest BCUT2D eigenvalue weighted by Crippen LogP contribution is -2.42. The molecule has 0 fully saturated rings. The number of alkyl carbamates (subject to hydrolysis) is 1. The monoisotopic (exact) mass is 496 g/mol. The average molecular weight is 497 g/mol. The first kappa shape index (κ1) is 26.8. The normalized spacial score (nSPS) is 13.2. The molecule has 0 heterocycles. The highest BCUT2D eigenvalue weighted by molar-refractivity contribution is 5.86. The molecule has 3 N–H and O–H groups in total. The molecular formula is C26H32N4O6. The van der Waals surface area contributed by atoms with Gasteiger partial charge in [0.25, 0.3) is 0 Å². The van der Waals surface area contributed by atoms with Crippen LogP contribution in [0.25, 0.3) is 11.1 Å². The van der Waals surface area contributed by atoms with Crippen molar-refractivity contribution in [3.8, 4) is 11.1 Å². The Morgan fingerprint density at radius 2 is 1.56 bits per heavy atom. The number of hydrogen-bond donors (Lipinski definition) is 3. The highest BCUT2D eigenvalue weighted by atomic mass is 16.6. The summed E-state index contributed by atoms with van der Waals surface area (Å²) < 4.78 is 10.6. The average Bonchev–Trinajstić information content (AvgIpc) is 3.16. The molecule has 0 saturated heterocycles. The van der Waals surface area contributed by atoms with Gasteiger partial charge in [-0.3, -0.25) is 10.2 Å². The molecule has 0 unspecified atom stereocenters. The number of ether oxygens (including phenoxy) is 2. The number of benzene rings is 2. The molecule has 0 aromatic heterocycles. The van der Waals surface area contributed by atoms with E-state index in [0.29, 0.717) is 19.4 Å². The van der Waals surface area contributed by atoms with E-state index in [4.69, 9.17) is 9.47 Å². The fourth-order valence-corrected chi connectivity index (χ4v) is 4.10. The predicted octanol–water partition coefficient (Wildman–Crippen LogP) is 4.39. The Bertz CT molecular complexity index is 1050. The third-order valence-corrected chi connectivity index (χ3v) is 5.66. The number of carbonyl (C=O) groups is 3. The highest BCUT2D eigenvalue weighted by Crippen LogP contribution is 2.44. The van der Waals surface area contributed by atoms with Crippen LogP contribution in [-0.4, -0.2) is 42.9 Å². The predicted molar refractivity (Wildman–Crippen MR) is 134 cm³/mol. The van der Waals surface area contributed by atoms with Crippen LogP contribution in [-0.2, 0) is 14.3 Å². The van der Waals surface area contributed by atoms with Crippen LogP contribution in [0.4, 0.5) is 9.59 Å². The van der Waals surface area contributed by atoms with E-state index < -0.39 is 29.7 Å². The number of nitrogens with zero attached hydrogens (tertiary/aromatic N) is 1. The van der Waals surface area contributed by atoms with E-state index in [9.17, 15) is 19.3 Å². The number of hydrogen-bond acceptors (Lipinski definition) is 7. The standard InChI is InChI=1S/C26H32N4O6/c1-26(2,3)36-25(33)29-27-15-9-8-14-22(23(31)30-34)28-24(32)35-16-21-19-12-6-4-10-17(19)18-11-5-7-13-20(18)21/h4-7,10-13,21-22,27H,8-9,14-16H2,1-3H3,(H,28,32)(H,29,33)/t22-/m0/s1. The SMILES string of the molecule is CC(C)(C)OC(=O)NNCCCC[C@H](NC(=O)OCC1c2ccccc2-c2ccccc21)C(=O)N=O. The van der Waals surface area contributed by atoms with Gasteiger partial charge in [-0.1, -0.05) is 48.5 Å². The molecule has 0 aliphatic heterocycles. The summed E-state index contributed by atoms with van der Waals surface area (Å²) in [6, 6.07) is 14.8. The van der Waals surface area contributed by atoms with Gasteiger partial charge in [0.15, 0.2) is 0 Å². The molecule has 192 valence electrons. The van der Waals surface area contributed by atoms with Crippen molar-refractivity contribution >= 4 is 18.1 Å². The zero-order chi connectivity index (χ0) is 26.1. The number of nitroso groups, excluding NO2 is 1. The number of hydrazine groups is 1. The van der Waals surface area contributed by atoms with Crippen LogP contribution in [0.2, 0.25) is 0 Å². The number of carbonyl (C=O) groups excluding carboxylic acids is 3. The zero-order valence-electron chi connectivity index (χ0n) is 20.7. The van der Waals surface area contributed by atoms with Gasteiger partial charge in [0.2, 0.25) is 0 Å². The molecular weight excluding hydrogens is 464 g/mol. The van der Waals surface area contributed by atoms with Gasteiger partial charge in [-0.25, -0.2) is 15.0 Å². The molecule has 0 bridgehead atoms. The summed E-state index contributed by atoms with van der Waals surface area (Å²) in [4.78, 5) is 46.8. The minimum Gasteiger partial charge on any atom is -0.449 e. The van der Waals surface area contributed by atoms with Gasteiger partial charge in [-0.15, -0.1) is 4.91 Å². The van der Waals surface area contributed by atoms with Gasteiger partial charge in [-0.2, -0.15) is 0 Å². The Balaban J connectivity index is 1.45. The summed E-state index contributed by atoms with van der Waals surface area (Å²) in [5, 5.41) is 4.92. The van der Waals surface area contributed by atoms with Crippen molar-refractivity contribution in [2.45, 2.75) is 57.6 Å². The van der Waals surface area contributed by atoms with Crippen LogP contribution < -0.4 is 16.2 Å².